The van der Waals surface area contributed by atoms with Gasteiger partial charge in [-0.2, -0.15) is 18.4 Å². The minimum Gasteiger partial charge on any atom is -0.426 e. The molecule has 1 fully saturated rings. The highest BCUT2D eigenvalue weighted by Gasteiger charge is 2.31. The van der Waals surface area contributed by atoms with Crippen LogP contribution >= 0.6 is 0 Å². The second-order valence-electron chi connectivity index (χ2n) is 6.27. The summed E-state index contributed by atoms with van der Waals surface area (Å²) in [5.41, 5.74) is -0.766. The van der Waals surface area contributed by atoms with Crippen LogP contribution in [0.2, 0.25) is 0 Å². The normalized spacial score (nSPS) is 21.0. The van der Waals surface area contributed by atoms with Gasteiger partial charge in [-0.25, -0.2) is 0 Å². The highest BCUT2D eigenvalue weighted by atomic mass is 19.4. The second kappa shape index (κ2) is 8.70. The molecule has 25 heavy (non-hydrogen) atoms. The van der Waals surface area contributed by atoms with E-state index >= 15 is 0 Å². The van der Waals surface area contributed by atoms with Gasteiger partial charge in [0.2, 0.25) is 0 Å². The van der Waals surface area contributed by atoms with Gasteiger partial charge in [0.15, 0.2) is 0 Å². The number of halogens is 3. The molecule has 134 valence electrons. The van der Waals surface area contributed by atoms with Gasteiger partial charge in [0.05, 0.1) is 17.6 Å². The Morgan fingerprint density at radius 3 is 2.40 bits per heavy atom. The highest BCUT2D eigenvalue weighted by Crippen LogP contribution is 2.33. The topological polar surface area (TPSA) is 50.1 Å². The summed E-state index contributed by atoms with van der Waals surface area (Å²) in [6.07, 6.45) is 4.09. The van der Waals surface area contributed by atoms with E-state index in [-0.39, 0.29) is 17.6 Å². The maximum Gasteiger partial charge on any atom is 0.416 e. The van der Waals surface area contributed by atoms with E-state index in [9.17, 15) is 18.0 Å². The quantitative estimate of drug-likeness (QED) is 0.412. The number of carbonyl (C=O) groups is 1. The average molecular weight is 351 g/mol. The van der Waals surface area contributed by atoms with Crippen LogP contribution in [0.15, 0.2) is 36.4 Å². The first-order valence-electron chi connectivity index (χ1n) is 8.33. The first-order chi connectivity index (χ1) is 11.9. The van der Waals surface area contributed by atoms with Crippen molar-refractivity contribution in [1.82, 2.24) is 0 Å². The van der Waals surface area contributed by atoms with E-state index in [2.05, 4.69) is 0 Å². The number of nitriles is 1. The lowest BCUT2D eigenvalue weighted by Crippen LogP contribution is -2.25. The Kier molecular flexibility index (Phi) is 6.63. The van der Waals surface area contributed by atoms with Gasteiger partial charge in [-0.05, 0) is 68.7 Å². The smallest absolute Gasteiger partial charge is 0.416 e. The second-order valence-corrected chi connectivity index (χ2v) is 6.27. The van der Waals surface area contributed by atoms with Crippen molar-refractivity contribution in [3.8, 4) is 11.8 Å². The summed E-state index contributed by atoms with van der Waals surface area (Å²) in [5.74, 6) is 0.107. The number of benzene rings is 1. The van der Waals surface area contributed by atoms with Crippen molar-refractivity contribution in [2.75, 3.05) is 0 Å². The van der Waals surface area contributed by atoms with E-state index in [4.69, 9.17) is 10.00 Å². The Morgan fingerprint density at radius 2 is 1.84 bits per heavy atom. The van der Waals surface area contributed by atoms with Crippen molar-refractivity contribution in [1.29, 1.82) is 5.26 Å². The van der Waals surface area contributed by atoms with E-state index in [0.29, 0.717) is 5.92 Å². The molecule has 2 rings (SSSR count). The maximum atomic E-state index is 12.5. The Labute approximate surface area is 145 Å². The van der Waals surface area contributed by atoms with Gasteiger partial charge >= 0.3 is 12.1 Å². The van der Waals surface area contributed by atoms with Gasteiger partial charge < -0.3 is 4.74 Å². The Balaban J connectivity index is 1.79. The summed E-state index contributed by atoms with van der Waals surface area (Å²) >= 11 is 0. The van der Waals surface area contributed by atoms with E-state index in [0.717, 1.165) is 50.7 Å². The molecule has 0 radical (unpaired) electrons. The van der Waals surface area contributed by atoms with Crippen LogP contribution < -0.4 is 4.74 Å². The summed E-state index contributed by atoms with van der Waals surface area (Å²) in [7, 11) is 0. The van der Waals surface area contributed by atoms with Crippen LogP contribution in [-0.4, -0.2) is 5.97 Å². The minimum absolute atomic E-state index is 0.141. The standard InChI is InChI=1S/C19H20F3NO2/c20-19(21,22)16-9-11-17(12-10-16)25-18(24)15-7-5-14(6-8-15)4-2-1-3-13-23/h1,3,9-12,14-15H,2,4-8H2. The monoisotopic (exact) mass is 351 g/mol. The Hall–Kier alpha value is -2.29. The van der Waals surface area contributed by atoms with Gasteiger partial charge in [-0.3, -0.25) is 4.79 Å². The van der Waals surface area contributed by atoms with E-state index in [1.54, 1.807) is 0 Å². The summed E-state index contributed by atoms with van der Waals surface area (Å²) in [5, 5.41) is 8.43. The lowest BCUT2D eigenvalue weighted by atomic mass is 9.80. The minimum atomic E-state index is -4.40. The molecule has 0 saturated heterocycles. The van der Waals surface area contributed by atoms with Crippen LogP contribution in [0.4, 0.5) is 13.2 Å². The molecule has 6 heteroatoms. The molecule has 1 aliphatic rings. The fraction of sp³-hybridized carbons (Fsp3) is 0.474. The maximum absolute atomic E-state index is 12.5. The number of rotatable bonds is 5. The number of allylic oxidation sites excluding steroid dienone is 2. The van der Waals surface area contributed by atoms with Crippen molar-refractivity contribution in [3.63, 3.8) is 0 Å². The predicted octanol–water partition coefficient (Wildman–Crippen LogP) is 5.28. The van der Waals surface area contributed by atoms with E-state index in [1.807, 2.05) is 12.1 Å². The molecule has 0 unspecified atom stereocenters. The molecule has 0 N–H and O–H groups in total. The number of hydrogen-bond donors (Lipinski definition) is 0. The molecule has 3 nitrogen and oxygen atoms in total. The predicted molar refractivity (Wildman–Crippen MR) is 86.5 cm³/mol. The molecular weight excluding hydrogens is 331 g/mol. The van der Waals surface area contributed by atoms with Gasteiger partial charge in [0.25, 0.3) is 0 Å². The molecule has 0 spiro atoms. The molecule has 1 aliphatic carbocycles. The zero-order valence-electron chi connectivity index (χ0n) is 13.8. The Bertz CT molecular complexity index is 636. The van der Waals surface area contributed by atoms with Crippen LogP contribution in [-0.2, 0) is 11.0 Å². The zero-order chi connectivity index (χ0) is 18.3. The summed E-state index contributed by atoms with van der Waals surface area (Å²) in [4.78, 5) is 12.2. The molecule has 0 heterocycles. The molecule has 0 aliphatic heterocycles. The van der Waals surface area contributed by atoms with Crippen LogP contribution in [0, 0.1) is 23.2 Å². The van der Waals surface area contributed by atoms with Crippen molar-refractivity contribution in [3.05, 3.63) is 42.0 Å². The molecule has 0 bridgehead atoms. The molecule has 0 atom stereocenters. The van der Waals surface area contributed by atoms with Gasteiger partial charge in [0, 0.05) is 6.08 Å². The lowest BCUT2D eigenvalue weighted by molar-refractivity contribution is -0.140. The fourth-order valence-electron chi connectivity index (χ4n) is 3.07. The third-order valence-electron chi connectivity index (χ3n) is 4.51. The Morgan fingerprint density at radius 1 is 1.20 bits per heavy atom. The van der Waals surface area contributed by atoms with Gasteiger partial charge in [0.1, 0.15) is 5.75 Å². The molecule has 1 aromatic rings. The molecule has 0 aromatic heterocycles. The number of carbonyl (C=O) groups excluding carboxylic acids is 1. The molecule has 1 saturated carbocycles. The van der Waals surface area contributed by atoms with E-state index < -0.39 is 11.7 Å². The van der Waals surface area contributed by atoms with Gasteiger partial charge in [-0.15, -0.1) is 0 Å². The van der Waals surface area contributed by atoms with Crippen LogP contribution in [0.25, 0.3) is 0 Å². The third kappa shape index (κ3) is 5.93. The lowest BCUT2D eigenvalue weighted by Gasteiger charge is -2.26. The highest BCUT2D eigenvalue weighted by molar-refractivity contribution is 5.75. The van der Waals surface area contributed by atoms with Crippen molar-refractivity contribution < 1.29 is 22.7 Å². The van der Waals surface area contributed by atoms with E-state index in [1.165, 1.54) is 18.2 Å². The number of nitrogens with zero attached hydrogens (tertiary/aromatic N) is 1. The summed E-state index contributed by atoms with van der Waals surface area (Å²) in [6, 6.07) is 6.13. The zero-order valence-corrected chi connectivity index (χ0v) is 13.8. The number of esters is 1. The third-order valence-corrected chi connectivity index (χ3v) is 4.51. The molecular formula is C19H20F3NO2. The number of ether oxygens (including phenoxy) is 1. The van der Waals surface area contributed by atoms with Crippen molar-refractivity contribution in [2.45, 2.75) is 44.7 Å². The molecule has 1 aromatic carbocycles. The van der Waals surface area contributed by atoms with Crippen LogP contribution in [0.3, 0.4) is 0 Å². The van der Waals surface area contributed by atoms with Gasteiger partial charge in [-0.1, -0.05) is 6.08 Å². The van der Waals surface area contributed by atoms with Crippen LogP contribution in [0.5, 0.6) is 5.75 Å². The first kappa shape index (κ1) is 19.0. The average Bonchev–Trinajstić information content (AvgIpc) is 2.59. The van der Waals surface area contributed by atoms with Crippen molar-refractivity contribution in [2.24, 2.45) is 11.8 Å². The van der Waals surface area contributed by atoms with Crippen molar-refractivity contribution >= 4 is 5.97 Å². The SMILES string of the molecule is N#CC=CCCC1CCC(C(=O)Oc2ccc(C(F)(F)F)cc2)CC1. The first-order valence-corrected chi connectivity index (χ1v) is 8.33. The number of hydrogen-bond acceptors (Lipinski definition) is 3. The number of alkyl halides is 3. The summed E-state index contributed by atoms with van der Waals surface area (Å²) in [6.45, 7) is 0. The van der Waals surface area contributed by atoms with Crippen LogP contribution in [0.1, 0.15) is 44.1 Å². The molecule has 0 amide bonds. The largest absolute Gasteiger partial charge is 0.426 e. The summed E-state index contributed by atoms with van der Waals surface area (Å²) < 4.78 is 42.8. The fourth-order valence-corrected chi connectivity index (χ4v) is 3.07.